The molecule has 6 nitrogen and oxygen atoms in total. The molecule has 0 aliphatic rings. The Kier molecular flexibility index (Phi) is 56.5. The van der Waals surface area contributed by atoms with Crippen LogP contribution < -0.4 is 12.4 Å². The number of nitrogens with zero attached hydrogens (tertiary/aromatic N) is 2. The Morgan fingerprint density at radius 3 is 0.542 bits per heavy atom. The van der Waals surface area contributed by atoms with Gasteiger partial charge in [-0.1, -0.05) is 245 Å². The lowest BCUT2D eigenvalue weighted by molar-refractivity contribution is -0.870. The quantitative estimate of drug-likeness (QED) is 0.0265. The van der Waals surface area contributed by atoms with Crippen LogP contribution in [0.1, 0.15) is 271 Å². The van der Waals surface area contributed by atoms with E-state index in [1.165, 1.54) is 270 Å². The molecule has 0 amide bonds. The van der Waals surface area contributed by atoms with Gasteiger partial charge in [-0.2, -0.15) is 0 Å². The van der Waals surface area contributed by atoms with Gasteiger partial charge < -0.3 is 25.9 Å². The second kappa shape index (κ2) is 50.7. The second-order valence-electron chi connectivity index (χ2n) is 20.0. The first kappa shape index (κ1) is 65.7. The molecule has 0 heterocycles. The van der Waals surface area contributed by atoms with Crippen LogP contribution in [-0.2, 0) is 14.6 Å². The van der Waals surface area contributed by atoms with Crippen molar-refractivity contribution in [2.75, 3.05) is 62.5 Å². The van der Waals surface area contributed by atoms with E-state index < -0.39 is 10.4 Å². The summed E-state index contributed by atoms with van der Waals surface area (Å²) < 4.78 is 33.3. The Bertz CT molecular complexity index is 807. The smallest absolute Gasteiger partial charge is 0.217 e. The van der Waals surface area contributed by atoms with E-state index in [1.54, 1.807) is 0 Å². The normalized spacial score (nSPS) is 11.8. The van der Waals surface area contributed by atoms with Crippen molar-refractivity contribution >= 4 is 10.4 Å². The summed E-state index contributed by atoms with van der Waals surface area (Å²) in [5, 5.41) is 0. The van der Waals surface area contributed by atoms with Gasteiger partial charge in [0.1, 0.15) is 0 Å². The molecule has 0 bridgehead atoms. The zero-order chi connectivity index (χ0) is 43.9. The lowest BCUT2D eigenvalue weighted by atomic mass is 10.0. The molecule has 0 saturated heterocycles. The molecular formula is C51H111ClN2O4S. The van der Waals surface area contributed by atoms with Gasteiger partial charge in [0.05, 0.1) is 62.5 Å². The lowest BCUT2D eigenvalue weighted by Gasteiger charge is -2.23. The second-order valence-corrected chi connectivity index (χ2v) is 21.2. The van der Waals surface area contributed by atoms with Gasteiger partial charge in [0.2, 0.25) is 10.4 Å². The summed E-state index contributed by atoms with van der Waals surface area (Å²) in [5.74, 6) is 0. The Balaban J connectivity index is -0.000000443. The summed E-state index contributed by atoms with van der Waals surface area (Å²) in [6, 6.07) is 0. The van der Waals surface area contributed by atoms with Crippen molar-refractivity contribution in [3.63, 3.8) is 0 Å². The Morgan fingerprint density at radius 1 is 0.322 bits per heavy atom. The molecule has 0 N–H and O–H groups in total. The van der Waals surface area contributed by atoms with E-state index in [0.29, 0.717) is 0 Å². The van der Waals surface area contributed by atoms with Gasteiger partial charge in [0.25, 0.3) is 0 Å². The molecule has 0 radical (unpaired) electrons. The standard InChI is InChI=1S/2C25H54N.CH4O4S.ClH/c2*1-5-6-7-8-9-10-11-12-13-14-15-16-17-18-19-20-21-22-23-24-25-26(2,3)4;1-5-6(2,3)4;/h2*5-25H2,1-4H3;1H3,(H,2,3,4);1H/q2*+1;;/p-2. The van der Waals surface area contributed by atoms with E-state index in [1.807, 2.05) is 0 Å². The average molecular weight is 884 g/mol. The molecule has 0 aromatic rings. The van der Waals surface area contributed by atoms with Gasteiger partial charge in [-0.3, -0.25) is 4.18 Å². The van der Waals surface area contributed by atoms with Crippen LogP contribution in [0.2, 0.25) is 0 Å². The molecule has 362 valence electrons. The maximum atomic E-state index is 9.22. The first-order chi connectivity index (χ1) is 27.7. The first-order valence-corrected chi connectivity index (χ1v) is 27.1. The molecule has 0 aromatic carbocycles. The van der Waals surface area contributed by atoms with E-state index in [4.69, 9.17) is 0 Å². The van der Waals surface area contributed by atoms with Crippen LogP contribution in [0.15, 0.2) is 0 Å². The predicted molar refractivity (Wildman–Crippen MR) is 259 cm³/mol. The highest BCUT2D eigenvalue weighted by Gasteiger charge is 2.06. The van der Waals surface area contributed by atoms with Crippen molar-refractivity contribution in [2.45, 2.75) is 271 Å². The van der Waals surface area contributed by atoms with Crippen molar-refractivity contribution < 1.29 is 38.5 Å². The summed E-state index contributed by atoms with van der Waals surface area (Å²) in [6.45, 7) is 7.27. The fraction of sp³-hybridized carbons (Fsp3) is 1.00. The number of quaternary nitrogens is 2. The van der Waals surface area contributed by atoms with Crippen LogP contribution >= 0.6 is 0 Å². The number of unbranched alkanes of at least 4 members (excludes halogenated alkanes) is 38. The molecule has 0 rings (SSSR count). The summed E-state index contributed by atoms with van der Waals surface area (Å²) >= 11 is 0. The van der Waals surface area contributed by atoms with E-state index >= 15 is 0 Å². The Morgan fingerprint density at radius 2 is 0.441 bits per heavy atom. The highest BCUT2D eigenvalue weighted by atomic mass is 35.5. The van der Waals surface area contributed by atoms with E-state index in [9.17, 15) is 13.0 Å². The molecule has 0 aromatic heterocycles. The van der Waals surface area contributed by atoms with Gasteiger partial charge in [-0.15, -0.1) is 0 Å². The third-order valence-corrected chi connectivity index (χ3v) is 12.0. The zero-order valence-corrected chi connectivity index (χ0v) is 43.6. The van der Waals surface area contributed by atoms with Crippen LogP contribution in [-0.4, -0.2) is 84.4 Å². The van der Waals surface area contributed by atoms with E-state index in [0.717, 1.165) is 16.1 Å². The monoisotopic (exact) mass is 883 g/mol. The summed E-state index contributed by atoms with van der Waals surface area (Å²) in [4.78, 5) is 0. The molecule has 8 heteroatoms. The summed E-state index contributed by atoms with van der Waals surface area (Å²) in [7, 11) is 10.2. The fourth-order valence-electron chi connectivity index (χ4n) is 7.68. The van der Waals surface area contributed by atoms with Gasteiger partial charge in [0, 0.05) is 0 Å². The van der Waals surface area contributed by atoms with Crippen LogP contribution in [0.5, 0.6) is 0 Å². The molecule has 0 saturated carbocycles. The van der Waals surface area contributed by atoms with Crippen molar-refractivity contribution in [1.82, 2.24) is 0 Å². The van der Waals surface area contributed by atoms with Crippen molar-refractivity contribution in [2.24, 2.45) is 0 Å². The minimum atomic E-state index is -4.41. The number of rotatable bonds is 43. The molecule has 0 spiro atoms. The zero-order valence-electron chi connectivity index (χ0n) is 42.0. The number of hydrogen-bond donors (Lipinski definition) is 0. The largest absolute Gasteiger partial charge is 1.00 e. The molecule has 0 aliphatic heterocycles. The topological polar surface area (TPSA) is 66.4 Å². The third-order valence-electron chi connectivity index (χ3n) is 11.6. The highest BCUT2D eigenvalue weighted by Crippen LogP contribution is 2.17. The van der Waals surface area contributed by atoms with E-state index in [2.05, 4.69) is 60.3 Å². The summed E-state index contributed by atoms with van der Waals surface area (Å²) in [6.07, 6.45) is 58.7. The van der Waals surface area contributed by atoms with Crippen molar-refractivity contribution in [1.29, 1.82) is 0 Å². The van der Waals surface area contributed by atoms with Gasteiger partial charge >= 0.3 is 0 Å². The van der Waals surface area contributed by atoms with Crippen LogP contribution in [0.25, 0.3) is 0 Å². The molecular weight excluding hydrogens is 772 g/mol. The van der Waals surface area contributed by atoms with Gasteiger partial charge in [-0.25, -0.2) is 8.42 Å². The molecule has 0 unspecified atom stereocenters. The molecule has 0 aliphatic carbocycles. The van der Waals surface area contributed by atoms with Gasteiger partial charge in [-0.05, 0) is 25.7 Å². The molecule has 59 heavy (non-hydrogen) atoms. The van der Waals surface area contributed by atoms with E-state index in [-0.39, 0.29) is 12.4 Å². The third kappa shape index (κ3) is 75.8. The minimum Gasteiger partial charge on any atom is -1.00 e. The Labute approximate surface area is 380 Å². The molecule has 0 fully saturated rings. The van der Waals surface area contributed by atoms with Gasteiger partial charge in [0.15, 0.2) is 0 Å². The lowest BCUT2D eigenvalue weighted by Crippen LogP contribution is -3.00. The summed E-state index contributed by atoms with van der Waals surface area (Å²) in [5.41, 5.74) is 0. The minimum absolute atomic E-state index is 0. The fourth-order valence-corrected chi connectivity index (χ4v) is 7.68. The predicted octanol–water partition coefficient (Wildman–Crippen LogP) is 13.1. The first-order valence-electron chi connectivity index (χ1n) is 25.8. The number of hydrogen-bond acceptors (Lipinski definition) is 4. The number of halogens is 1. The average Bonchev–Trinajstić information content (AvgIpc) is 3.15. The highest BCUT2D eigenvalue weighted by molar-refractivity contribution is 7.80. The Hall–Kier alpha value is 0.0800. The van der Waals surface area contributed by atoms with Crippen LogP contribution in [0.4, 0.5) is 0 Å². The maximum Gasteiger partial charge on any atom is 0.217 e. The van der Waals surface area contributed by atoms with Crippen molar-refractivity contribution in [3.8, 4) is 0 Å². The molecule has 0 atom stereocenters. The van der Waals surface area contributed by atoms with Crippen LogP contribution in [0, 0.1) is 0 Å². The van der Waals surface area contributed by atoms with Crippen molar-refractivity contribution in [3.05, 3.63) is 0 Å². The van der Waals surface area contributed by atoms with Crippen LogP contribution in [0.3, 0.4) is 0 Å². The maximum absolute atomic E-state index is 9.22. The SMILES string of the molecule is CCCCCCCCCCCCCCCCCCCCCC[N+](C)(C)C.CCCCCCCCCCCCCCCCCCCCCC[N+](C)(C)C.COS(=O)(=O)[O-].[Cl-].